The van der Waals surface area contributed by atoms with Gasteiger partial charge in [-0.2, -0.15) is 0 Å². The zero-order chi connectivity index (χ0) is 18.1. The highest BCUT2D eigenvalue weighted by molar-refractivity contribution is 5.94. The molecule has 7 nitrogen and oxygen atoms in total. The minimum absolute atomic E-state index is 0.0406. The van der Waals surface area contributed by atoms with Gasteiger partial charge in [-0.15, -0.1) is 0 Å². The number of nitrogens with one attached hydrogen (secondary N) is 1. The van der Waals surface area contributed by atoms with E-state index in [0.717, 1.165) is 28.7 Å². The number of rotatable bonds is 4. The van der Waals surface area contributed by atoms with E-state index in [-0.39, 0.29) is 22.9 Å². The molecule has 0 saturated heterocycles. The number of hydrogen-bond donors (Lipinski definition) is 2. The summed E-state index contributed by atoms with van der Waals surface area (Å²) in [4.78, 5) is 27.8. The predicted octanol–water partition coefficient (Wildman–Crippen LogP) is 3.10. The van der Waals surface area contributed by atoms with E-state index in [1.165, 1.54) is 31.5 Å². The molecule has 1 aliphatic carbocycles. The molecule has 0 amide bonds. The monoisotopic (exact) mass is 353 g/mol. The molecule has 2 heterocycles. The van der Waals surface area contributed by atoms with Crippen LogP contribution < -0.4 is 10.3 Å². The average molecular weight is 353 g/mol. The number of fused-ring (bicyclic) bond motifs is 1. The fourth-order valence-electron chi connectivity index (χ4n) is 3.37. The molecular formula is C19H19N3O4. The molecule has 0 aliphatic heterocycles. The molecule has 7 heteroatoms. The highest BCUT2D eigenvalue weighted by atomic mass is 16.5. The summed E-state index contributed by atoms with van der Waals surface area (Å²) in [5.41, 5.74) is 0.864. The number of carboxylic acids is 1. The standard InChI is InChI=1S/C19H19N3O4/c23-17-10-16(21-18-15(19(24)25)11-20-22(17)18)12-6-8-14(9-7-12)26-13-4-2-1-3-5-13/h6-11,13,20H,1-5H2,(H,24,25). The highest BCUT2D eigenvalue weighted by Gasteiger charge is 2.16. The number of aromatic nitrogens is 3. The smallest absolute Gasteiger partial charge is 0.341 e. The Morgan fingerprint density at radius 3 is 2.62 bits per heavy atom. The van der Waals surface area contributed by atoms with E-state index in [4.69, 9.17) is 4.74 Å². The van der Waals surface area contributed by atoms with Gasteiger partial charge in [0.1, 0.15) is 11.3 Å². The van der Waals surface area contributed by atoms with Gasteiger partial charge in [-0.05, 0) is 49.9 Å². The third-order valence-corrected chi connectivity index (χ3v) is 4.73. The number of aromatic amines is 1. The van der Waals surface area contributed by atoms with Crippen molar-refractivity contribution >= 4 is 11.6 Å². The van der Waals surface area contributed by atoms with E-state index in [1.807, 2.05) is 24.3 Å². The normalized spacial score (nSPS) is 15.2. The molecule has 0 bridgehead atoms. The summed E-state index contributed by atoms with van der Waals surface area (Å²) in [5.74, 6) is -0.338. The second-order valence-electron chi connectivity index (χ2n) is 6.53. The maximum atomic E-state index is 12.2. The molecule has 2 N–H and O–H groups in total. The lowest BCUT2D eigenvalue weighted by Crippen LogP contribution is -2.19. The maximum absolute atomic E-state index is 12.2. The first kappa shape index (κ1) is 16.4. The van der Waals surface area contributed by atoms with E-state index in [0.29, 0.717) is 5.69 Å². The van der Waals surface area contributed by atoms with Crippen LogP contribution in [0, 0.1) is 0 Å². The fourth-order valence-corrected chi connectivity index (χ4v) is 3.37. The Hall–Kier alpha value is -3.09. The van der Waals surface area contributed by atoms with Crippen molar-refractivity contribution < 1.29 is 14.6 Å². The van der Waals surface area contributed by atoms with Gasteiger partial charge in [0.05, 0.1) is 11.8 Å². The van der Waals surface area contributed by atoms with Crippen LogP contribution in [0.3, 0.4) is 0 Å². The van der Waals surface area contributed by atoms with Gasteiger partial charge in [0, 0.05) is 17.8 Å². The van der Waals surface area contributed by atoms with Crippen LogP contribution in [0.5, 0.6) is 5.75 Å². The van der Waals surface area contributed by atoms with Crippen LogP contribution in [-0.4, -0.2) is 31.8 Å². The van der Waals surface area contributed by atoms with Gasteiger partial charge in [0.2, 0.25) is 0 Å². The first-order valence-corrected chi connectivity index (χ1v) is 8.73. The third kappa shape index (κ3) is 3.08. The summed E-state index contributed by atoms with van der Waals surface area (Å²) in [7, 11) is 0. The fraction of sp³-hybridized carbons (Fsp3) is 0.316. The molecule has 1 aliphatic rings. The third-order valence-electron chi connectivity index (χ3n) is 4.73. The average Bonchev–Trinajstić information content (AvgIpc) is 3.08. The number of H-pyrrole nitrogens is 1. The zero-order valence-corrected chi connectivity index (χ0v) is 14.1. The van der Waals surface area contributed by atoms with Crippen molar-refractivity contribution in [1.82, 2.24) is 14.6 Å². The zero-order valence-electron chi connectivity index (χ0n) is 14.1. The predicted molar refractivity (Wildman–Crippen MR) is 95.7 cm³/mol. The SMILES string of the molecule is O=C(O)c1c[nH]n2c(=O)cc(-c3ccc(OC4CCCCC4)cc3)nc12. The van der Waals surface area contributed by atoms with Crippen LogP contribution in [0.1, 0.15) is 42.5 Å². The van der Waals surface area contributed by atoms with Gasteiger partial charge < -0.3 is 9.84 Å². The number of nitrogens with zero attached hydrogens (tertiary/aromatic N) is 2. The largest absolute Gasteiger partial charge is 0.490 e. The molecular weight excluding hydrogens is 334 g/mol. The molecule has 1 saturated carbocycles. The van der Waals surface area contributed by atoms with E-state index in [2.05, 4.69) is 10.1 Å². The number of benzene rings is 1. The van der Waals surface area contributed by atoms with E-state index < -0.39 is 5.97 Å². The molecule has 0 atom stereocenters. The van der Waals surface area contributed by atoms with Crippen molar-refractivity contribution in [2.75, 3.05) is 0 Å². The Morgan fingerprint density at radius 2 is 1.92 bits per heavy atom. The number of carboxylic acid groups (broad SMARTS) is 1. The molecule has 134 valence electrons. The van der Waals surface area contributed by atoms with E-state index >= 15 is 0 Å². The van der Waals surface area contributed by atoms with Crippen molar-refractivity contribution in [3.05, 3.63) is 52.4 Å². The van der Waals surface area contributed by atoms with Gasteiger partial charge in [-0.1, -0.05) is 6.42 Å². The van der Waals surface area contributed by atoms with Crippen molar-refractivity contribution in [2.24, 2.45) is 0 Å². The summed E-state index contributed by atoms with van der Waals surface area (Å²) in [6, 6.07) is 8.78. The van der Waals surface area contributed by atoms with Gasteiger partial charge >= 0.3 is 5.97 Å². The van der Waals surface area contributed by atoms with Crippen molar-refractivity contribution in [3.63, 3.8) is 0 Å². The molecule has 4 rings (SSSR count). The van der Waals surface area contributed by atoms with Gasteiger partial charge in [-0.25, -0.2) is 14.3 Å². The minimum Gasteiger partial charge on any atom is -0.490 e. The number of ether oxygens (including phenoxy) is 1. The van der Waals surface area contributed by atoms with Crippen LogP contribution in [-0.2, 0) is 0 Å². The van der Waals surface area contributed by atoms with Gasteiger partial charge in [0.25, 0.3) is 5.56 Å². The molecule has 1 aromatic carbocycles. The lowest BCUT2D eigenvalue weighted by Gasteiger charge is -2.23. The molecule has 0 spiro atoms. The molecule has 0 unspecified atom stereocenters. The second-order valence-corrected chi connectivity index (χ2v) is 6.53. The molecule has 3 aromatic rings. The highest BCUT2D eigenvalue weighted by Crippen LogP contribution is 2.25. The van der Waals surface area contributed by atoms with Gasteiger partial charge in [0.15, 0.2) is 5.65 Å². The second kappa shape index (κ2) is 6.67. The summed E-state index contributed by atoms with van der Waals surface area (Å²) in [5, 5.41) is 11.8. The van der Waals surface area contributed by atoms with Crippen molar-refractivity contribution in [1.29, 1.82) is 0 Å². The Balaban J connectivity index is 1.63. The van der Waals surface area contributed by atoms with Crippen LogP contribution in [0.4, 0.5) is 0 Å². The number of hydrogen-bond acceptors (Lipinski definition) is 4. The van der Waals surface area contributed by atoms with Crippen LogP contribution >= 0.6 is 0 Å². The lowest BCUT2D eigenvalue weighted by atomic mass is 9.98. The minimum atomic E-state index is -1.14. The van der Waals surface area contributed by atoms with E-state index in [1.54, 1.807) is 0 Å². The van der Waals surface area contributed by atoms with Crippen molar-refractivity contribution in [3.8, 4) is 17.0 Å². The topological polar surface area (TPSA) is 96.7 Å². The Labute approximate surface area is 149 Å². The molecule has 0 radical (unpaired) electrons. The Morgan fingerprint density at radius 1 is 1.19 bits per heavy atom. The summed E-state index contributed by atoms with van der Waals surface area (Å²) < 4.78 is 7.13. The first-order valence-electron chi connectivity index (χ1n) is 8.73. The number of aromatic carboxylic acids is 1. The number of carbonyl (C=O) groups is 1. The van der Waals surface area contributed by atoms with Crippen molar-refractivity contribution in [2.45, 2.75) is 38.2 Å². The lowest BCUT2D eigenvalue weighted by molar-refractivity contribution is 0.0698. The summed E-state index contributed by atoms with van der Waals surface area (Å²) >= 11 is 0. The molecule has 26 heavy (non-hydrogen) atoms. The van der Waals surface area contributed by atoms with Crippen LogP contribution in [0.25, 0.3) is 16.9 Å². The summed E-state index contributed by atoms with van der Waals surface area (Å²) in [6.07, 6.45) is 7.39. The maximum Gasteiger partial charge on any atom is 0.341 e. The van der Waals surface area contributed by atoms with Crippen LogP contribution in [0.2, 0.25) is 0 Å². The van der Waals surface area contributed by atoms with Gasteiger partial charge in [-0.3, -0.25) is 9.89 Å². The summed E-state index contributed by atoms with van der Waals surface area (Å²) in [6.45, 7) is 0. The first-order chi connectivity index (χ1) is 12.6. The quantitative estimate of drug-likeness (QED) is 0.751. The molecule has 1 fully saturated rings. The van der Waals surface area contributed by atoms with Crippen LogP contribution in [0.15, 0.2) is 41.3 Å². The Bertz CT molecular complexity index is 998. The molecule has 2 aromatic heterocycles. The Kier molecular flexibility index (Phi) is 4.20. The van der Waals surface area contributed by atoms with E-state index in [9.17, 15) is 14.7 Å².